The molecule has 1 aliphatic carbocycles. The fourth-order valence-corrected chi connectivity index (χ4v) is 5.17. The van der Waals surface area contributed by atoms with E-state index in [1.165, 1.54) is 42.5 Å². The molecule has 1 saturated carbocycles. The Kier molecular flexibility index (Phi) is 5.47. The van der Waals surface area contributed by atoms with Gasteiger partial charge >= 0.3 is 0 Å². The van der Waals surface area contributed by atoms with E-state index in [4.69, 9.17) is 4.74 Å². The van der Waals surface area contributed by atoms with Crippen LogP contribution in [0.2, 0.25) is 0 Å². The Morgan fingerprint density at radius 3 is 1.93 bits per heavy atom. The number of rotatable bonds is 6. The minimum absolute atomic E-state index is 0.000301. The lowest BCUT2D eigenvalue weighted by molar-refractivity contribution is -0.113. The minimum Gasteiger partial charge on any atom is -0.364 e. The van der Waals surface area contributed by atoms with Crippen LogP contribution in [0.3, 0.4) is 0 Å². The molecule has 2 bridgehead atoms. The van der Waals surface area contributed by atoms with Crippen molar-refractivity contribution in [1.82, 2.24) is 4.90 Å². The van der Waals surface area contributed by atoms with E-state index in [1.54, 1.807) is 0 Å². The predicted molar refractivity (Wildman–Crippen MR) is 118 cm³/mol. The van der Waals surface area contributed by atoms with Gasteiger partial charge in [-0.2, -0.15) is 0 Å². The van der Waals surface area contributed by atoms with Gasteiger partial charge in [0.1, 0.15) is 6.10 Å². The molecule has 2 nitrogen and oxygen atoms in total. The molecule has 2 aliphatic heterocycles. The van der Waals surface area contributed by atoms with Crippen LogP contribution >= 0.6 is 0 Å². The molecule has 2 saturated heterocycles. The molecule has 3 aromatic rings. The van der Waals surface area contributed by atoms with E-state index in [0.29, 0.717) is 6.04 Å². The zero-order valence-electron chi connectivity index (χ0n) is 16.9. The molecular weight excluding hydrogens is 354 g/mol. The average Bonchev–Trinajstić information content (AvgIpc) is 2.80. The fraction of sp³-hybridized carbons (Fsp3) is 0.333. The highest BCUT2D eigenvalue weighted by Crippen LogP contribution is 2.40. The minimum atomic E-state index is 0.000301. The Morgan fingerprint density at radius 1 is 0.759 bits per heavy atom. The Labute approximate surface area is 174 Å². The van der Waals surface area contributed by atoms with Crippen molar-refractivity contribution in [3.8, 4) is 0 Å². The maximum absolute atomic E-state index is 6.92. The summed E-state index contributed by atoms with van der Waals surface area (Å²) in [6.07, 6.45) is 4.07. The number of hydrogen-bond acceptors (Lipinski definition) is 2. The predicted octanol–water partition coefficient (Wildman–Crippen LogP) is 5.85. The van der Waals surface area contributed by atoms with Crippen molar-refractivity contribution in [2.24, 2.45) is 5.92 Å². The van der Waals surface area contributed by atoms with Crippen LogP contribution < -0.4 is 0 Å². The molecule has 0 radical (unpaired) electrons. The van der Waals surface area contributed by atoms with Crippen molar-refractivity contribution in [2.45, 2.75) is 44.1 Å². The number of hydrogen-bond donors (Lipinski definition) is 0. The van der Waals surface area contributed by atoms with Gasteiger partial charge in [-0.25, -0.2) is 0 Å². The molecule has 0 N–H and O–H groups in total. The normalized spacial score (nSPS) is 24.1. The molecule has 148 valence electrons. The molecule has 3 fully saturated rings. The summed E-state index contributed by atoms with van der Waals surface area (Å²) in [7, 11) is 0. The Morgan fingerprint density at radius 2 is 1.34 bits per heavy atom. The summed E-state index contributed by atoms with van der Waals surface area (Å²) in [6.45, 7) is 2.24. The van der Waals surface area contributed by atoms with Crippen LogP contribution in [0.5, 0.6) is 0 Å². The Bertz CT molecular complexity index is 856. The lowest BCUT2D eigenvalue weighted by Gasteiger charge is -2.50. The highest BCUT2D eigenvalue weighted by molar-refractivity contribution is 5.30. The quantitative estimate of drug-likeness (QED) is 0.530. The Hall–Kier alpha value is -2.42. The molecule has 3 unspecified atom stereocenters. The lowest BCUT2D eigenvalue weighted by atomic mass is 9.77. The first-order valence-corrected chi connectivity index (χ1v) is 10.9. The number of fused-ring (bicyclic) bond motifs is 3. The monoisotopic (exact) mass is 383 g/mol. The van der Waals surface area contributed by atoms with Gasteiger partial charge in [0.05, 0.1) is 6.10 Å². The van der Waals surface area contributed by atoms with Crippen molar-refractivity contribution < 1.29 is 4.74 Å². The van der Waals surface area contributed by atoms with Crippen molar-refractivity contribution in [3.05, 3.63) is 108 Å². The lowest BCUT2D eigenvalue weighted by Crippen LogP contribution is -2.56. The molecule has 3 aliphatic rings. The van der Waals surface area contributed by atoms with Gasteiger partial charge in [-0.1, -0.05) is 91.0 Å². The van der Waals surface area contributed by atoms with Crippen molar-refractivity contribution in [2.75, 3.05) is 6.54 Å². The third-order valence-corrected chi connectivity index (χ3v) is 6.57. The summed E-state index contributed by atoms with van der Waals surface area (Å²) in [6, 6.07) is 32.8. The maximum atomic E-state index is 6.92. The fourth-order valence-electron chi connectivity index (χ4n) is 5.17. The largest absolute Gasteiger partial charge is 0.364 e. The van der Waals surface area contributed by atoms with E-state index < -0.39 is 0 Å². The topological polar surface area (TPSA) is 12.5 Å². The van der Waals surface area contributed by atoms with Crippen molar-refractivity contribution >= 4 is 0 Å². The summed E-state index contributed by atoms with van der Waals surface area (Å²) in [5.41, 5.74) is 3.89. The van der Waals surface area contributed by atoms with Gasteiger partial charge in [-0.15, -0.1) is 0 Å². The molecule has 0 amide bonds. The summed E-state index contributed by atoms with van der Waals surface area (Å²) in [4.78, 5) is 2.67. The second-order valence-corrected chi connectivity index (χ2v) is 8.54. The van der Waals surface area contributed by atoms with Gasteiger partial charge in [0.25, 0.3) is 0 Å². The zero-order chi connectivity index (χ0) is 19.5. The second-order valence-electron chi connectivity index (χ2n) is 8.54. The summed E-state index contributed by atoms with van der Waals surface area (Å²) >= 11 is 0. The van der Waals surface area contributed by atoms with Gasteiger partial charge in [-0.05, 0) is 41.9 Å². The van der Waals surface area contributed by atoms with Gasteiger partial charge in [0, 0.05) is 19.1 Å². The molecule has 3 aromatic carbocycles. The van der Waals surface area contributed by atoms with Crippen LogP contribution in [0.25, 0.3) is 0 Å². The van der Waals surface area contributed by atoms with E-state index in [-0.39, 0.29) is 12.2 Å². The van der Waals surface area contributed by atoms with Crippen LogP contribution in [-0.4, -0.2) is 23.6 Å². The molecule has 2 heterocycles. The molecule has 0 spiro atoms. The third kappa shape index (κ3) is 4.14. The Balaban J connectivity index is 1.38. The smallest absolute Gasteiger partial charge is 0.108 e. The number of ether oxygens (including phenoxy) is 1. The highest BCUT2D eigenvalue weighted by Gasteiger charge is 2.42. The van der Waals surface area contributed by atoms with Crippen LogP contribution in [0.4, 0.5) is 0 Å². The van der Waals surface area contributed by atoms with Gasteiger partial charge in [0.15, 0.2) is 0 Å². The van der Waals surface area contributed by atoms with E-state index in [9.17, 15) is 0 Å². The molecular formula is C27H29NO. The van der Waals surface area contributed by atoms with E-state index in [2.05, 4.69) is 95.9 Å². The zero-order valence-corrected chi connectivity index (χ0v) is 16.9. The van der Waals surface area contributed by atoms with E-state index in [0.717, 1.165) is 12.5 Å². The van der Waals surface area contributed by atoms with Crippen molar-refractivity contribution in [1.29, 1.82) is 0 Å². The van der Waals surface area contributed by atoms with Crippen LogP contribution in [0.1, 0.15) is 42.1 Å². The molecule has 2 heteroatoms. The summed E-state index contributed by atoms with van der Waals surface area (Å²) in [5.74, 6) is 0.751. The van der Waals surface area contributed by atoms with Crippen LogP contribution in [-0.2, 0) is 11.3 Å². The molecule has 0 aromatic heterocycles. The maximum Gasteiger partial charge on any atom is 0.108 e. The van der Waals surface area contributed by atoms with Crippen molar-refractivity contribution in [3.63, 3.8) is 0 Å². The van der Waals surface area contributed by atoms with E-state index >= 15 is 0 Å². The van der Waals surface area contributed by atoms with Gasteiger partial charge < -0.3 is 4.74 Å². The number of nitrogens with zero attached hydrogens (tertiary/aromatic N) is 1. The first-order chi connectivity index (χ1) is 14.4. The van der Waals surface area contributed by atoms with E-state index in [1.807, 2.05) is 0 Å². The molecule has 29 heavy (non-hydrogen) atoms. The highest BCUT2D eigenvalue weighted by atomic mass is 16.5. The van der Waals surface area contributed by atoms with Crippen LogP contribution in [0, 0.1) is 5.92 Å². The first kappa shape index (κ1) is 18.6. The molecule has 6 rings (SSSR count). The number of benzene rings is 3. The van der Waals surface area contributed by atoms with Gasteiger partial charge in [0.2, 0.25) is 0 Å². The summed E-state index contributed by atoms with van der Waals surface area (Å²) in [5, 5.41) is 0. The van der Waals surface area contributed by atoms with Gasteiger partial charge in [-0.3, -0.25) is 4.90 Å². The first-order valence-electron chi connectivity index (χ1n) is 10.9. The molecule has 3 atom stereocenters. The van der Waals surface area contributed by atoms with Crippen LogP contribution in [0.15, 0.2) is 91.0 Å². The average molecular weight is 384 g/mol. The number of piperidine rings is 2. The second kappa shape index (κ2) is 8.52. The third-order valence-electron chi connectivity index (χ3n) is 6.57. The standard InChI is InChI=1S/C27H29NO/c1-4-10-21(11-5-1)19-28-20-22-16-17-25(28)26(18-22)29-27(23-12-6-2-7-13-23)24-14-8-3-9-15-24/h1-15,22,25-27H,16-20H2. The SMILES string of the molecule is c1ccc(CN2CC3CCC2C(OC(c2ccccc2)c2ccccc2)C3)cc1. The summed E-state index contributed by atoms with van der Waals surface area (Å²) < 4.78 is 6.92.